The van der Waals surface area contributed by atoms with Gasteiger partial charge in [-0.25, -0.2) is 4.79 Å². The molecule has 3 aromatic rings. The van der Waals surface area contributed by atoms with Gasteiger partial charge in [-0.2, -0.15) is 0 Å². The number of likely N-dealkylation sites (N-methyl/N-ethyl adjacent to an activating group) is 1. The molecule has 0 spiro atoms. The Morgan fingerprint density at radius 3 is 2.58 bits per heavy atom. The lowest BCUT2D eigenvalue weighted by molar-refractivity contribution is 0.0343. The summed E-state index contributed by atoms with van der Waals surface area (Å²) >= 11 is 0. The molecular formula is C29H35N5O4. The summed E-state index contributed by atoms with van der Waals surface area (Å²) in [6.45, 7) is 5.43. The minimum Gasteiger partial charge on any atom is -0.486 e. The van der Waals surface area contributed by atoms with Crippen LogP contribution < -0.4 is 15.4 Å². The van der Waals surface area contributed by atoms with Crippen LogP contribution >= 0.6 is 0 Å². The lowest BCUT2D eigenvalue weighted by Gasteiger charge is -2.38. The van der Waals surface area contributed by atoms with Crippen LogP contribution in [0.5, 0.6) is 5.75 Å². The molecule has 200 valence electrons. The van der Waals surface area contributed by atoms with Crippen molar-refractivity contribution in [1.82, 2.24) is 14.8 Å². The van der Waals surface area contributed by atoms with Crippen LogP contribution in [-0.4, -0.2) is 70.7 Å². The molecule has 1 aromatic heterocycles. The number of nitrogens with zero attached hydrogens (tertiary/aromatic N) is 3. The van der Waals surface area contributed by atoms with Gasteiger partial charge >= 0.3 is 6.03 Å². The maximum atomic E-state index is 13.6. The van der Waals surface area contributed by atoms with Crippen LogP contribution in [0.3, 0.4) is 0 Å². The first-order chi connectivity index (χ1) is 18.4. The van der Waals surface area contributed by atoms with E-state index in [1.54, 1.807) is 47.6 Å². The first-order valence-electron chi connectivity index (χ1n) is 12.8. The number of benzene rings is 2. The molecule has 2 heterocycles. The largest absolute Gasteiger partial charge is 0.486 e. The maximum absolute atomic E-state index is 13.6. The SMILES string of the molecule is C[C@@H]1CN([C@@H](C)CO)C(=O)c2cccc(NC(=O)Nc3ccccc3)c2O[C@@H]1CN(C)Cc1ccncc1. The normalized spacial score (nSPS) is 18.1. The highest BCUT2D eigenvalue weighted by Crippen LogP contribution is 2.35. The quantitative estimate of drug-likeness (QED) is 0.416. The summed E-state index contributed by atoms with van der Waals surface area (Å²) < 4.78 is 6.57. The number of para-hydroxylation sites is 2. The predicted octanol–water partition coefficient (Wildman–Crippen LogP) is 4.08. The van der Waals surface area contributed by atoms with Crippen molar-refractivity contribution < 1.29 is 19.4 Å². The van der Waals surface area contributed by atoms with Crippen LogP contribution in [0.15, 0.2) is 73.1 Å². The van der Waals surface area contributed by atoms with Crippen molar-refractivity contribution in [2.24, 2.45) is 5.92 Å². The average Bonchev–Trinajstić information content (AvgIpc) is 2.91. The Morgan fingerprint density at radius 1 is 1.13 bits per heavy atom. The molecule has 1 aliphatic heterocycles. The van der Waals surface area contributed by atoms with E-state index in [1.165, 1.54) is 0 Å². The number of aliphatic hydroxyl groups excluding tert-OH is 1. The van der Waals surface area contributed by atoms with Gasteiger partial charge < -0.3 is 25.4 Å². The number of fused-ring (bicyclic) bond motifs is 1. The number of aliphatic hydroxyl groups is 1. The first-order valence-corrected chi connectivity index (χ1v) is 12.8. The van der Waals surface area contributed by atoms with Crippen molar-refractivity contribution in [1.29, 1.82) is 0 Å². The van der Waals surface area contributed by atoms with Crippen molar-refractivity contribution in [3.8, 4) is 5.75 Å². The maximum Gasteiger partial charge on any atom is 0.323 e. The third kappa shape index (κ3) is 6.67. The number of anilines is 2. The van der Waals surface area contributed by atoms with Crippen LogP contribution in [0.2, 0.25) is 0 Å². The van der Waals surface area contributed by atoms with Gasteiger partial charge in [-0.15, -0.1) is 0 Å². The van der Waals surface area contributed by atoms with E-state index < -0.39 is 6.03 Å². The number of hydrogen-bond acceptors (Lipinski definition) is 6. The molecule has 2 aromatic carbocycles. The molecule has 0 bridgehead atoms. The Balaban J connectivity index is 1.63. The highest BCUT2D eigenvalue weighted by Gasteiger charge is 2.34. The second kappa shape index (κ2) is 12.5. The van der Waals surface area contributed by atoms with E-state index >= 15 is 0 Å². The number of carbonyl (C=O) groups excluding carboxylic acids is 2. The predicted molar refractivity (Wildman–Crippen MR) is 147 cm³/mol. The molecule has 1 aliphatic rings. The number of carbonyl (C=O) groups is 2. The van der Waals surface area contributed by atoms with Gasteiger partial charge in [0.05, 0.1) is 23.9 Å². The summed E-state index contributed by atoms with van der Waals surface area (Å²) in [6.07, 6.45) is 3.25. The Labute approximate surface area is 223 Å². The monoisotopic (exact) mass is 517 g/mol. The average molecular weight is 518 g/mol. The fraction of sp³-hybridized carbons (Fsp3) is 0.345. The molecule has 0 unspecified atom stereocenters. The van der Waals surface area contributed by atoms with E-state index in [-0.39, 0.29) is 30.6 Å². The highest BCUT2D eigenvalue weighted by atomic mass is 16.5. The summed E-state index contributed by atoms with van der Waals surface area (Å²) in [6, 6.07) is 17.4. The summed E-state index contributed by atoms with van der Waals surface area (Å²) in [5, 5.41) is 15.5. The molecule has 3 N–H and O–H groups in total. The number of hydrogen-bond donors (Lipinski definition) is 3. The van der Waals surface area contributed by atoms with Crippen LogP contribution in [0.1, 0.15) is 29.8 Å². The van der Waals surface area contributed by atoms with Crippen LogP contribution in [-0.2, 0) is 6.54 Å². The molecule has 0 saturated heterocycles. The summed E-state index contributed by atoms with van der Waals surface area (Å²) in [7, 11) is 2.02. The second-order valence-electron chi connectivity index (χ2n) is 9.80. The van der Waals surface area contributed by atoms with Gasteiger partial charge in [0.2, 0.25) is 0 Å². The van der Waals surface area contributed by atoms with E-state index in [4.69, 9.17) is 4.74 Å². The van der Waals surface area contributed by atoms with Gasteiger partial charge in [-0.1, -0.05) is 31.2 Å². The molecule has 0 radical (unpaired) electrons. The Hall–Kier alpha value is -3.95. The molecule has 38 heavy (non-hydrogen) atoms. The Kier molecular flexibility index (Phi) is 8.93. The smallest absolute Gasteiger partial charge is 0.323 e. The molecule has 0 fully saturated rings. The number of rotatable bonds is 8. The number of amides is 3. The lowest BCUT2D eigenvalue weighted by atomic mass is 9.99. The molecule has 3 atom stereocenters. The van der Waals surface area contributed by atoms with Gasteiger partial charge in [0, 0.05) is 43.6 Å². The first kappa shape index (κ1) is 27.1. The van der Waals surface area contributed by atoms with E-state index in [0.717, 1.165) is 5.56 Å². The van der Waals surface area contributed by atoms with Crippen molar-refractivity contribution in [3.05, 3.63) is 84.2 Å². The zero-order chi connectivity index (χ0) is 27.1. The van der Waals surface area contributed by atoms with Gasteiger partial charge in [0.25, 0.3) is 5.91 Å². The summed E-state index contributed by atoms with van der Waals surface area (Å²) in [5.41, 5.74) is 2.52. The Bertz CT molecular complexity index is 1220. The van der Waals surface area contributed by atoms with Gasteiger partial charge in [-0.05, 0) is 55.9 Å². The number of pyridine rings is 1. The minimum absolute atomic E-state index is 0.0489. The number of urea groups is 1. The van der Waals surface area contributed by atoms with Gasteiger partial charge in [0.15, 0.2) is 5.75 Å². The molecule has 9 nitrogen and oxygen atoms in total. The highest BCUT2D eigenvalue weighted by molar-refractivity contribution is 6.04. The Morgan fingerprint density at radius 2 is 1.87 bits per heavy atom. The standard InChI is InChI=1S/C29H35N5O4/c1-20-16-34(21(2)19-35)28(36)24-10-7-11-25(32-29(37)31-23-8-5-4-6-9-23)27(24)38-26(20)18-33(3)17-22-12-14-30-15-13-22/h4-15,20-21,26,35H,16-19H2,1-3H3,(H2,31,32,37)/t20-,21+,26-/m1/s1. The number of ether oxygens (including phenoxy) is 1. The van der Waals surface area contributed by atoms with E-state index in [1.807, 2.05) is 51.2 Å². The fourth-order valence-electron chi connectivity index (χ4n) is 4.54. The van der Waals surface area contributed by atoms with Crippen LogP contribution in [0.25, 0.3) is 0 Å². The summed E-state index contributed by atoms with van der Waals surface area (Å²) in [4.78, 5) is 34.4. The topological polar surface area (TPSA) is 107 Å². The van der Waals surface area contributed by atoms with Gasteiger partial charge in [0.1, 0.15) is 6.10 Å². The number of nitrogens with one attached hydrogen (secondary N) is 2. The van der Waals surface area contributed by atoms with Crippen LogP contribution in [0.4, 0.5) is 16.2 Å². The lowest BCUT2D eigenvalue weighted by Crippen LogP contribution is -2.49. The van der Waals surface area contributed by atoms with E-state index in [9.17, 15) is 14.7 Å². The second-order valence-corrected chi connectivity index (χ2v) is 9.80. The molecule has 3 amide bonds. The van der Waals surface area contributed by atoms with Crippen molar-refractivity contribution in [2.45, 2.75) is 32.5 Å². The fourth-order valence-corrected chi connectivity index (χ4v) is 4.54. The van der Waals surface area contributed by atoms with Crippen molar-refractivity contribution in [3.63, 3.8) is 0 Å². The summed E-state index contributed by atoms with van der Waals surface area (Å²) in [5.74, 6) is 0.0287. The van der Waals surface area contributed by atoms with Crippen LogP contribution in [0, 0.1) is 5.92 Å². The zero-order valence-corrected chi connectivity index (χ0v) is 22.0. The van der Waals surface area contributed by atoms with E-state index in [2.05, 4.69) is 20.5 Å². The van der Waals surface area contributed by atoms with Crippen molar-refractivity contribution >= 4 is 23.3 Å². The number of aromatic nitrogens is 1. The van der Waals surface area contributed by atoms with Gasteiger partial charge in [-0.3, -0.25) is 14.7 Å². The molecule has 9 heteroatoms. The molecule has 4 rings (SSSR count). The zero-order valence-electron chi connectivity index (χ0n) is 22.0. The molecule has 0 aliphatic carbocycles. The molecule has 0 saturated carbocycles. The minimum atomic E-state index is -0.442. The third-order valence-corrected chi connectivity index (χ3v) is 6.66. The third-order valence-electron chi connectivity index (χ3n) is 6.66. The molecular weight excluding hydrogens is 482 g/mol. The van der Waals surface area contributed by atoms with E-state index in [0.29, 0.717) is 42.3 Å². The van der Waals surface area contributed by atoms with Crippen molar-refractivity contribution in [2.75, 3.05) is 37.4 Å².